The van der Waals surface area contributed by atoms with Gasteiger partial charge in [-0.3, -0.25) is 9.80 Å². The van der Waals surface area contributed by atoms with Crippen molar-refractivity contribution in [1.29, 1.82) is 0 Å². The van der Waals surface area contributed by atoms with Crippen LogP contribution in [0.15, 0.2) is 60.7 Å². The average Bonchev–Trinajstić information content (AvgIpc) is 3.28. The number of fused-ring (bicyclic) bond motifs is 1. The summed E-state index contributed by atoms with van der Waals surface area (Å²) in [5.74, 6) is 1.06. The Kier molecular flexibility index (Phi) is 7.57. The lowest BCUT2D eigenvalue weighted by Gasteiger charge is -2.38. The lowest BCUT2D eigenvalue weighted by molar-refractivity contribution is 0.0209. The van der Waals surface area contributed by atoms with E-state index in [4.69, 9.17) is 15.2 Å². The Labute approximate surface area is 222 Å². The Hall–Kier alpha value is -2.86. The van der Waals surface area contributed by atoms with E-state index in [1.807, 2.05) is 0 Å². The van der Waals surface area contributed by atoms with Crippen molar-refractivity contribution in [3.8, 4) is 5.75 Å². The molecule has 196 valence electrons. The molecule has 2 aliphatic rings. The van der Waals surface area contributed by atoms with Crippen LogP contribution in [-0.2, 0) is 11.2 Å². The van der Waals surface area contributed by atoms with E-state index in [-0.39, 0.29) is 11.7 Å². The molecule has 1 unspecified atom stereocenters. The van der Waals surface area contributed by atoms with Crippen molar-refractivity contribution < 1.29 is 9.47 Å². The first kappa shape index (κ1) is 25.8. The summed E-state index contributed by atoms with van der Waals surface area (Å²) >= 11 is 0. The van der Waals surface area contributed by atoms with Gasteiger partial charge in [0.1, 0.15) is 17.5 Å². The van der Waals surface area contributed by atoms with Crippen molar-refractivity contribution in [2.75, 3.05) is 51.6 Å². The van der Waals surface area contributed by atoms with E-state index in [0.29, 0.717) is 6.61 Å². The highest BCUT2D eigenvalue weighted by Gasteiger charge is 2.39. The molecule has 2 aliphatic heterocycles. The maximum Gasteiger partial charge on any atom is 0.127 e. The van der Waals surface area contributed by atoms with Crippen LogP contribution in [-0.4, -0.2) is 61.3 Å². The van der Waals surface area contributed by atoms with Gasteiger partial charge in [0.15, 0.2) is 0 Å². The summed E-state index contributed by atoms with van der Waals surface area (Å²) < 4.78 is 13.1. The third-order valence-electron chi connectivity index (χ3n) is 8.26. The SMILES string of the molecule is Cc1c(C)c2c(c(C)c1N)CC(C)(CN1CCN(CCOC(c3ccccc3)c3ccccc3)CC1)O2. The molecular weight excluding hydrogens is 458 g/mol. The lowest BCUT2D eigenvalue weighted by Crippen LogP contribution is -2.53. The number of rotatable bonds is 8. The Morgan fingerprint density at radius 3 is 2.00 bits per heavy atom. The van der Waals surface area contributed by atoms with Gasteiger partial charge in [0.25, 0.3) is 0 Å². The van der Waals surface area contributed by atoms with Crippen molar-refractivity contribution in [3.05, 3.63) is 94.0 Å². The molecule has 0 aliphatic carbocycles. The molecule has 0 saturated carbocycles. The molecule has 5 heteroatoms. The molecule has 2 heterocycles. The van der Waals surface area contributed by atoms with Crippen LogP contribution < -0.4 is 10.5 Å². The monoisotopic (exact) mass is 499 g/mol. The molecule has 1 fully saturated rings. The second kappa shape index (κ2) is 10.9. The van der Waals surface area contributed by atoms with Crippen LogP contribution in [0.25, 0.3) is 0 Å². The summed E-state index contributed by atoms with van der Waals surface area (Å²) in [5.41, 5.74) is 14.3. The molecule has 37 heavy (non-hydrogen) atoms. The quantitative estimate of drug-likeness (QED) is 0.426. The first-order chi connectivity index (χ1) is 17.8. The van der Waals surface area contributed by atoms with Gasteiger partial charge in [0, 0.05) is 56.9 Å². The standard InChI is InChI=1S/C32H41N3O2/c1-23-24(2)30-28(25(3)29(23)33)21-32(4,37-30)22-35-17-15-34(16-18-35)19-20-36-31(26-11-7-5-8-12-26)27-13-9-6-10-14-27/h5-14,31H,15-22,33H2,1-4H3. The van der Waals surface area contributed by atoms with E-state index in [0.717, 1.165) is 62.7 Å². The first-order valence-electron chi connectivity index (χ1n) is 13.6. The maximum atomic E-state index is 6.62. The van der Waals surface area contributed by atoms with Crippen LogP contribution in [0.1, 0.15) is 46.4 Å². The largest absolute Gasteiger partial charge is 0.485 e. The molecule has 2 N–H and O–H groups in total. The van der Waals surface area contributed by atoms with Crippen molar-refractivity contribution in [1.82, 2.24) is 9.80 Å². The van der Waals surface area contributed by atoms with Crippen LogP contribution in [0.5, 0.6) is 5.75 Å². The average molecular weight is 500 g/mol. The van der Waals surface area contributed by atoms with Gasteiger partial charge in [-0.2, -0.15) is 0 Å². The van der Waals surface area contributed by atoms with Crippen molar-refractivity contribution in [2.45, 2.75) is 45.8 Å². The number of nitrogens with two attached hydrogens (primary N) is 1. The molecule has 1 atom stereocenters. The molecule has 1 saturated heterocycles. The molecule has 5 nitrogen and oxygen atoms in total. The van der Waals surface area contributed by atoms with Gasteiger partial charge in [0.2, 0.25) is 0 Å². The topological polar surface area (TPSA) is 51.0 Å². The van der Waals surface area contributed by atoms with Crippen molar-refractivity contribution in [3.63, 3.8) is 0 Å². The fourth-order valence-electron chi connectivity index (χ4n) is 5.89. The van der Waals surface area contributed by atoms with Crippen LogP contribution in [0.3, 0.4) is 0 Å². The Bertz CT molecular complexity index is 1130. The van der Waals surface area contributed by atoms with Gasteiger partial charge in [-0.1, -0.05) is 60.7 Å². The second-order valence-corrected chi connectivity index (χ2v) is 11.0. The first-order valence-corrected chi connectivity index (χ1v) is 13.6. The van der Waals surface area contributed by atoms with Gasteiger partial charge in [-0.05, 0) is 55.5 Å². The number of ether oxygens (including phenoxy) is 2. The van der Waals surface area contributed by atoms with Gasteiger partial charge in [-0.25, -0.2) is 0 Å². The van der Waals surface area contributed by atoms with Gasteiger partial charge >= 0.3 is 0 Å². The van der Waals surface area contributed by atoms with Gasteiger partial charge in [0.05, 0.1) is 6.61 Å². The molecule has 5 rings (SSSR count). The molecule has 0 amide bonds. The van der Waals surface area contributed by atoms with Crippen molar-refractivity contribution >= 4 is 5.69 Å². The van der Waals surface area contributed by atoms with Crippen molar-refractivity contribution in [2.24, 2.45) is 0 Å². The molecule has 3 aromatic rings. The number of hydrogen-bond donors (Lipinski definition) is 1. The van der Waals surface area contributed by atoms with Gasteiger partial charge < -0.3 is 15.2 Å². The fourth-order valence-corrected chi connectivity index (χ4v) is 5.89. The molecule has 0 spiro atoms. The number of anilines is 1. The lowest BCUT2D eigenvalue weighted by atomic mass is 9.91. The molecule has 0 radical (unpaired) electrons. The summed E-state index contributed by atoms with van der Waals surface area (Å²) in [6.45, 7) is 15.4. The smallest absolute Gasteiger partial charge is 0.127 e. The normalized spacial score (nSPS) is 20.2. The van der Waals surface area contributed by atoms with E-state index in [1.54, 1.807) is 0 Å². The van der Waals surface area contributed by atoms with E-state index in [1.165, 1.54) is 27.8 Å². The highest BCUT2D eigenvalue weighted by molar-refractivity contribution is 5.66. The van der Waals surface area contributed by atoms with E-state index in [9.17, 15) is 0 Å². The highest BCUT2D eigenvalue weighted by Crippen LogP contribution is 2.44. The number of nitrogen functional groups attached to an aromatic ring is 1. The minimum atomic E-state index is -0.206. The predicted molar refractivity (Wildman–Crippen MR) is 151 cm³/mol. The minimum absolute atomic E-state index is 0.0330. The third-order valence-corrected chi connectivity index (χ3v) is 8.26. The molecule has 0 aromatic heterocycles. The summed E-state index contributed by atoms with van der Waals surface area (Å²) in [7, 11) is 0. The van der Waals surface area contributed by atoms with Crippen LogP contribution in [0.4, 0.5) is 5.69 Å². The van der Waals surface area contributed by atoms with E-state index < -0.39 is 0 Å². The number of piperazine rings is 1. The number of hydrogen-bond acceptors (Lipinski definition) is 5. The van der Waals surface area contributed by atoms with Crippen LogP contribution in [0.2, 0.25) is 0 Å². The van der Waals surface area contributed by atoms with E-state index in [2.05, 4.69) is 98.2 Å². The summed E-state index contributed by atoms with van der Waals surface area (Å²) in [5, 5.41) is 0. The van der Waals surface area contributed by atoms with Crippen LogP contribution in [0, 0.1) is 20.8 Å². The third kappa shape index (κ3) is 5.54. The van der Waals surface area contributed by atoms with Crippen LogP contribution >= 0.6 is 0 Å². The number of benzene rings is 3. The Morgan fingerprint density at radius 2 is 1.41 bits per heavy atom. The summed E-state index contributed by atoms with van der Waals surface area (Å²) in [6.07, 6.45) is 0.892. The number of nitrogens with zero attached hydrogens (tertiary/aromatic N) is 2. The molecule has 0 bridgehead atoms. The zero-order valence-electron chi connectivity index (χ0n) is 22.8. The van der Waals surface area contributed by atoms with Gasteiger partial charge in [-0.15, -0.1) is 0 Å². The second-order valence-electron chi connectivity index (χ2n) is 11.0. The zero-order chi connectivity index (χ0) is 26.0. The van der Waals surface area contributed by atoms with E-state index >= 15 is 0 Å². The predicted octanol–water partition coefficient (Wildman–Crippen LogP) is 5.31. The molecule has 3 aromatic carbocycles. The highest BCUT2D eigenvalue weighted by atomic mass is 16.5. The minimum Gasteiger partial charge on any atom is -0.485 e. The Morgan fingerprint density at radius 1 is 0.838 bits per heavy atom. The summed E-state index contributed by atoms with van der Waals surface area (Å²) in [6, 6.07) is 21.0. The maximum absolute atomic E-state index is 6.62. The Balaban J connectivity index is 1.13. The molecular formula is C32H41N3O2. The zero-order valence-corrected chi connectivity index (χ0v) is 22.8. The summed E-state index contributed by atoms with van der Waals surface area (Å²) in [4.78, 5) is 5.08. The fraction of sp³-hybridized carbons (Fsp3) is 0.438.